The molecule has 7 heteroatoms. The van der Waals surface area contributed by atoms with Gasteiger partial charge >= 0.3 is 0 Å². The Morgan fingerprint density at radius 3 is 2.71 bits per heavy atom. The number of carbonyl (C=O) groups is 1. The Kier molecular flexibility index (Phi) is 6.37. The van der Waals surface area contributed by atoms with Crippen molar-refractivity contribution in [2.75, 3.05) is 19.7 Å². The van der Waals surface area contributed by atoms with Crippen molar-refractivity contribution >= 4 is 5.91 Å². The first-order valence-electron chi connectivity index (χ1n) is 12.3. The molecule has 0 saturated carbocycles. The van der Waals surface area contributed by atoms with E-state index in [-0.39, 0.29) is 11.9 Å². The number of benzene rings is 2. The quantitative estimate of drug-likeness (QED) is 0.626. The van der Waals surface area contributed by atoms with E-state index in [9.17, 15) is 4.79 Å². The fourth-order valence-corrected chi connectivity index (χ4v) is 5.05. The molecule has 3 aromatic rings. The van der Waals surface area contributed by atoms with Gasteiger partial charge in [0, 0.05) is 12.1 Å². The second-order valence-corrected chi connectivity index (χ2v) is 9.63. The van der Waals surface area contributed by atoms with E-state index >= 15 is 0 Å². The van der Waals surface area contributed by atoms with E-state index in [2.05, 4.69) is 45.5 Å². The van der Waals surface area contributed by atoms with E-state index in [0.29, 0.717) is 18.0 Å². The number of nitrogens with one attached hydrogen (secondary N) is 1. The number of hydrogen-bond acceptors (Lipinski definition) is 5. The Bertz CT molecular complexity index is 1200. The van der Waals surface area contributed by atoms with Gasteiger partial charge < -0.3 is 10.1 Å². The van der Waals surface area contributed by atoms with Crippen LogP contribution in [0.4, 0.5) is 0 Å². The molecule has 34 heavy (non-hydrogen) atoms. The molecular formula is C27H33N5O2. The van der Waals surface area contributed by atoms with E-state index < -0.39 is 0 Å². The second kappa shape index (κ2) is 9.58. The molecule has 0 spiro atoms. The number of amides is 1. The molecule has 0 unspecified atom stereocenters. The summed E-state index contributed by atoms with van der Waals surface area (Å²) in [4.78, 5) is 17.2. The molecule has 2 aliphatic heterocycles. The van der Waals surface area contributed by atoms with E-state index in [1.165, 1.54) is 36.0 Å². The van der Waals surface area contributed by atoms with Crippen LogP contribution in [0.3, 0.4) is 0 Å². The summed E-state index contributed by atoms with van der Waals surface area (Å²) in [6.45, 7) is 9.61. The van der Waals surface area contributed by atoms with Crippen molar-refractivity contribution in [3.63, 3.8) is 0 Å². The smallest absolute Gasteiger partial charge is 0.274 e. The van der Waals surface area contributed by atoms with E-state index in [1.54, 1.807) is 4.80 Å². The van der Waals surface area contributed by atoms with Gasteiger partial charge in [-0.05, 0) is 76.4 Å². The molecule has 0 radical (unpaired) electrons. The molecule has 1 saturated heterocycles. The Morgan fingerprint density at radius 2 is 1.91 bits per heavy atom. The Hall–Kier alpha value is -3.19. The molecular weight excluding hydrogens is 426 g/mol. The predicted octanol–water partition coefficient (Wildman–Crippen LogP) is 3.91. The number of hydrogen-bond donors (Lipinski definition) is 1. The van der Waals surface area contributed by atoms with Crippen LogP contribution in [-0.2, 0) is 13.0 Å². The number of rotatable bonds is 5. The lowest BCUT2D eigenvalue weighted by atomic mass is 9.96. The van der Waals surface area contributed by atoms with Crippen LogP contribution in [0, 0.1) is 20.8 Å². The summed E-state index contributed by atoms with van der Waals surface area (Å²) in [5.41, 5.74) is 6.61. The molecule has 2 aromatic carbocycles. The lowest BCUT2D eigenvalue weighted by molar-refractivity contribution is 0.0908. The van der Waals surface area contributed by atoms with Gasteiger partial charge in [0.05, 0.1) is 17.4 Å². The third-order valence-corrected chi connectivity index (χ3v) is 6.86. The maximum Gasteiger partial charge on any atom is 0.274 e. The van der Waals surface area contributed by atoms with Gasteiger partial charge in [-0.3, -0.25) is 9.69 Å². The highest BCUT2D eigenvalue weighted by Crippen LogP contribution is 2.29. The van der Waals surface area contributed by atoms with Gasteiger partial charge in [0.25, 0.3) is 5.91 Å². The van der Waals surface area contributed by atoms with Gasteiger partial charge in [-0.1, -0.05) is 36.2 Å². The number of carbonyl (C=O) groups excluding carboxylic acids is 1. The Morgan fingerprint density at radius 1 is 1.09 bits per heavy atom. The Balaban J connectivity index is 1.30. The predicted molar refractivity (Wildman–Crippen MR) is 132 cm³/mol. The fraction of sp³-hybridized carbons (Fsp3) is 0.444. The summed E-state index contributed by atoms with van der Waals surface area (Å²) in [5.74, 6) is 0.732. The van der Waals surface area contributed by atoms with Crippen LogP contribution in [0.25, 0.3) is 5.69 Å². The van der Waals surface area contributed by atoms with Crippen molar-refractivity contribution in [1.29, 1.82) is 0 Å². The van der Waals surface area contributed by atoms with Crippen molar-refractivity contribution in [1.82, 2.24) is 25.2 Å². The molecule has 7 nitrogen and oxygen atoms in total. The first-order chi connectivity index (χ1) is 16.5. The lowest BCUT2D eigenvalue weighted by Crippen LogP contribution is -2.43. The van der Waals surface area contributed by atoms with Gasteiger partial charge in [0.15, 0.2) is 5.69 Å². The second-order valence-electron chi connectivity index (χ2n) is 9.63. The minimum absolute atomic E-state index is 0.104. The lowest BCUT2D eigenvalue weighted by Gasteiger charge is -2.31. The summed E-state index contributed by atoms with van der Waals surface area (Å²) in [6.07, 6.45) is 4.63. The molecule has 1 fully saturated rings. The van der Waals surface area contributed by atoms with Gasteiger partial charge in [0.2, 0.25) is 0 Å². The summed E-state index contributed by atoms with van der Waals surface area (Å²) < 4.78 is 6.06. The van der Waals surface area contributed by atoms with Crippen LogP contribution < -0.4 is 10.1 Å². The number of nitrogens with zero attached hydrogens (tertiary/aromatic N) is 4. The van der Waals surface area contributed by atoms with E-state index in [1.807, 2.05) is 32.0 Å². The number of aryl methyl sites for hydroxylation is 3. The zero-order valence-electron chi connectivity index (χ0n) is 20.3. The number of fused-ring (bicyclic) bond motifs is 1. The standard InChI is InChI=1S/C27H33N5O2/c1-18-10-11-24(19(2)14-18)32-29-20(3)26(30-32)27(33)28-22-15-23-21(8-7-9-25(23)34-17-22)16-31-12-5-4-6-13-31/h7-11,14,22H,4-6,12-13,15-17H2,1-3H3,(H,28,33)/t22-/m0/s1. The molecule has 1 atom stereocenters. The molecule has 178 valence electrons. The van der Waals surface area contributed by atoms with Crippen LogP contribution in [0.1, 0.15) is 57.7 Å². The van der Waals surface area contributed by atoms with Gasteiger partial charge in [-0.15, -0.1) is 5.10 Å². The zero-order chi connectivity index (χ0) is 23.7. The molecule has 1 N–H and O–H groups in total. The SMILES string of the molecule is Cc1ccc(-n2nc(C)c(C(=O)N[C@@H]3COc4cccc(CN5CCCCC5)c4C3)n2)c(C)c1. The Labute approximate surface area is 201 Å². The van der Waals surface area contributed by atoms with Crippen molar-refractivity contribution in [2.45, 2.75) is 59.0 Å². The average molecular weight is 460 g/mol. The third kappa shape index (κ3) is 4.71. The van der Waals surface area contributed by atoms with Crippen molar-refractivity contribution < 1.29 is 9.53 Å². The summed E-state index contributed by atoms with van der Waals surface area (Å²) in [5, 5.41) is 12.2. The van der Waals surface area contributed by atoms with Crippen LogP contribution >= 0.6 is 0 Å². The highest BCUT2D eigenvalue weighted by molar-refractivity contribution is 5.93. The highest BCUT2D eigenvalue weighted by Gasteiger charge is 2.27. The highest BCUT2D eigenvalue weighted by atomic mass is 16.5. The van der Waals surface area contributed by atoms with Crippen molar-refractivity contribution in [3.05, 3.63) is 70.0 Å². The first-order valence-corrected chi connectivity index (χ1v) is 12.3. The van der Waals surface area contributed by atoms with Crippen molar-refractivity contribution in [2.24, 2.45) is 0 Å². The largest absolute Gasteiger partial charge is 0.491 e. The maximum atomic E-state index is 13.1. The molecule has 0 aliphatic carbocycles. The number of ether oxygens (including phenoxy) is 1. The summed E-state index contributed by atoms with van der Waals surface area (Å²) >= 11 is 0. The molecule has 0 bridgehead atoms. The van der Waals surface area contributed by atoms with Crippen LogP contribution in [0.2, 0.25) is 0 Å². The summed E-state index contributed by atoms with van der Waals surface area (Å²) in [6, 6.07) is 12.3. The van der Waals surface area contributed by atoms with Gasteiger partial charge in [-0.25, -0.2) is 0 Å². The molecule has 3 heterocycles. The normalized spacial score (nSPS) is 18.3. The monoisotopic (exact) mass is 459 g/mol. The number of piperidine rings is 1. The van der Waals surface area contributed by atoms with Crippen LogP contribution in [0.5, 0.6) is 5.75 Å². The van der Waals surface area contributed by atoms with Gasteiger partial charge in [0.1, 0.15) is 12.4 Å². The van der Waals surface area contributed by atoms with Gasteiger partial charge in [-0.2, -0.15) is 9.90 Å². The van der Waals surface area contributed by atoms with Crippen LogP contribution in [-0.4, -0.2) is 51.5 Å². The molecule has 2 aliphatic rings. The average Bonchev–Trinajstić information content (AvgIpc) is 3.21. The zero-order valence-corrected chi connectivity index (χ0v) is 20.3. The number of likely N-dealkylation sites (tertiary alicyclic amines) is 1. The molecule has 5 rings (SSSR count). The van der Waals surface area contributed by atoms with Crippen LogP contribution in [0.15, 0.2) is 36.4 Å². The van der Waals surface area contributed by atoms with Crippen molar-refractivity contribution in [3.8, 4) is 11.4 Å². The molecule has 1 aromatic heterocycles. The third-order valence-electron chi connectivity index (χ3n) is 6.86. The van der Waals surface area contributed by atoms with E-state index in [4.69, 9.17) is 4.74 Å². The maximum absolute atomic E-state index is 13.1. The fourth-order valence-electron chi connectivity index (χ4n) is 5.05. The minimum atomic E-state index is -0.209. The minimum Gasteiger partial charge on any atom is -0.491 e. The van der Waals surface area contributed by atoms with E-state index in [0.717, 1.165) is 43.1 Å². The summed E-state index contributed by atoms with van der Waals surface area (Å²) in [7, 11) is 0. The molecule has 1 amide bonds. The first kappa shape index (κ1) is 22.6. The number of aromatic nitrogens is 3. The topological polar surface area (TPSA) is 72.3 Å².